The van der Waals surface area contributed by atoms with Crippen LogP contribution in [0.3, 0.4) is 0 Å². The second-order valence-electron chi connectivity index (χ2n) is 3.55. The number of nitrogens with zero attached hydrogens (tertiary/aromatic N) is 2. The van der Waals surface area contributed by atoms with Crippen molar-refractivity contribution in [1.82, 2.24) is 20.5 Å². The van der Waals surface area contributed by atoms with E-state index in [1.165, 1.54) is 0 Å². The Hall–Kier alpha value is -1.31. The number of nitrogens with one attached hydrogen (secondary N) is 2. The highest BCUT2D eigenvalue weighted by Crippen LogP contribution is 2.43. The van der Waals surface area contributed by atoms with Crippen LogP contribution in [0.5, 0.6) is 0 Å². The number of aromatic amines is 1. The van der Waals surface area contributed by atoms with Gasteiger partial charge in [-0.25, -0.2) is 0 Å². The molecule has 1 unspecified atom stereocenters. The Kier molecular flexibility index (Phi) is 2.10. The second kappa shape index (κ2) is 3.09. The summed E-state index contributed by atoms with van der Waals surface area (Å²) in [4.78, 5) is 3.58. The molecule has 1 saturated heterocycles. The van der Waals surface area contributed by atoms with E-state index in [0.717, 1.165) is 0 Å². The summed E-state index contributed by atoms with van der Waals surface area (Å²) >= 11 is 0. The van der Waals surface area contributed by atoms with E-state index < -0.39 is 11.6 Å². The first-order valence-electron chi connectivity index (χ1n) is 4.41. The average Bonchev–Trinajstić information content (AvgIpc) is 2.69. The first-order valence-corrected chi connectivity index (χ1v) is 4.41. The number of nitrogens with two attached hydrogens (primary N) is 1. The van der Waals surface area contributed by atoms with Gasteiger partial charge in [-0.2, -0.15) is 18.2 Å². The van der Waals surface area contributed by atoms with Gasteiger partial charge in [-0.15, -0.1) is 5.10 Å². The summed E-state index contributed by atoms with van der Waals surface area (Å²) in [5, 5.41) is 8.36. The molecule has 1 atom stereocenters. The van der Waals surface area contributed by atoms with Gasteiger partial charge >= 0.3 is 6.18 Å². The zero-order valence-corrected chi connectivity index (χ0v) is 7.73. The molecule has 0 amide bonds. The number of rotatable bonds is 1. The second-order valence-corrected chi connectivity index (χ2v) is 3.55. The van der Waals surface area contributed by atoms with E-state index in [1.807, 2.05) is 0 Å². The lowest BCUT2D eigenvalue weighted by atomic mass is 9.85. The van der Waals surface area contributed by atoms with Crippen LogP contribution < -0.4 is 11.1 Å². The molecule has 1 aromatic heterocycles. The zero-order chi connectivity index (χ0) is 11.1. The van der Waals surface area contributed by atoms with Crippen LogP contribution in [-0.4, -0.2) is 34.4 Å². The molecule has 1 aliphatic heterocycles. The number of nitrogen functional groups attached to an aromatic ring is 1. The van der Waals surface area contributed by atoms with Gasteiger partial charge in [-0.05, 0) is 13.0 Å². The Balaban J connectivity index is 2.43. The lowest BCUT2D eigenvalue weighted by molar-refractivity contribution is -0.187. The molecule has 2 heterocycles. The van der Waals surface area contributed by atoms with Gasteiger partial charge < -0.3 is 11.1 Å². The molecule has 1 aliphatic rings. The number of anilines is 1. The third kappa shape index (κ3) is 1.44. The largest absolute Gasteiger partial charge is 0.402 e. The van der Waals surface area contributed by atoms with Gasteiger partial charge in [0.05, 0.1) is 0 Å². The van der Waals surface area contributed by atoms with Crippen molar-refractivity contribution < 1.29 is 13.2 Å². The maximum Gasteiger partial charge on any atom is 0.402 e. The molecule has 2 rings (SSSR count). The molecular formula is C7H10F3N5. The fourth-order valence-corrected chi connectivity index (χ4v) is 1.76. The fraction of sp³-hybridized carbons (Fsp3) is 0.714. The summed E-state index contributed by atoms with van der Waals surface area (Å²) in [7, 11) is 0. The van der Waals surface area contributed by atoms with Crippen molar-refractivity contribution in [2.75, 3.05) is 18.8 Å². The minimum absolute atomic E-state index is 0.0505. The van der Waals surface area contributed by atoms with Crippen LogP contribution in [0.4, 0.5) is 19.1 Å². The zero-order valence-electron chi connectivity index (χ0n) is 7.73. The first kappa shape index (κ1) is 10.2. The molecule has 4 N–H and O–H groups in total. The SMILES string of the molecule is Nc1n[nH]c(C2(C(F)(F)F)CCNC2)n1. The van der Waals surface area contributed by atoms with E-state index in [4.69, 9.17) is 5.73 Å². The van der Waals surface area contributed by atoms with Crippen LogP contribution in [-0.2, 0) is 5.41 Å². The molecule has 15 heavy (non-hydrogen) atoms. The minimum atomic E-state index is -4.36. The van der Waals surface area contributed by atoms with E-state index in [-0.39, 0.29) is 24.7 Å². The molecule has 0 aliphatic carbocycles. The van der Waals surface area contributed by atoms with Crippen molar-refractivity contribution in [3.05, 3.63) is 5.82 Å². The van der Waals surface area contributed by atoms with Crippen molar-refractivity contribution >= 4 is 5.95 Å². The standard InChI is InChI=1S/C7H10F3N5/c8-7(9,10)6(1-2-12-3-6)4-13-5(11)15-14-4/h12H,1-3H2,(H3,11,13,14,15). The van der Waals surface area contributed by atoms with Crippen molar-refractivity contribution in [3.63, 3.8) is 0 Å². The van der Waals surface area contributed by atoms with Gasteiger partial charge in [0.15, 0.2) is 0 Å². The van der Waals surface area contributed by atoms with Crippen molar-refractivity contribution in [1.29, 1.82) is 0 Å². The maximum absolute atomic E-state index is 12.9. The molecule has 0 spiro atoms. The minimum Gasteiger partial charge on any atom is -0.367 e. The molecule has 1 fully saturated rings. The lowest BCUT2D eigenvalue weighted by Crippen LogP contribution is -2.45. The third-order valence-corrected chi connectivity index (χ3v) is 2.65. The predicted octanol–water partition coefficient (Wildman–Crippen LogP) is 0.180. The summed E-state index contributed by atoms with van der Waals surface area (Å²) in [6.45, 7) is 0.116. The van der Waals surface area contributed by atoms with E-state index in [2.05, 4.69) is 20.5 Å². The number of hydrogen-bond donors (Lipinski definition) is 3. The highest BCUT2D eigenvalue weighted by atomic mass is 19.4. The molecule has 0 radical (unpaired) electrons. The Morgan fingerprint density at radius 3 is 2.53 bits per heavy atom. The molecule has 5 nitrogen and oxygen atoms in total. The van der Waals surface area contributed by atoms with E-state index in [1.54, 1.807) is 0 Å². The molecule has 1 aromatic rings. The van der Waals surface area contributed by atoms with E-state index in [0.29, 0.717) is 6.54 Å². The molecule has 8 heteroatoms. The van der Waals surface area contributed by atoms with Crippen LogP contribution in [0, 0.1) is 0 Å². The van der Waals surface area contributed by atoms with Crippen LogP contribution in [0.1, 0.15) is 12.2 Å². The van der Waals surface area contributed by atoms with Gasteiger partial charge in [0.25, 0.3) is 0 Å². The first-order chi connectivity index (χ1) is 6.96. The third-order valence-electron chi connectivity index (χ3n) is 2.65. The fourth-order valence-electron chi connectivity index (χ4n) is 1.76. The average molecular weight is 221 g/mol. The monoisotopic (exact) mass is 221 g/mol. The Morgan fingerprint density at radius 2 is 2.13 bits per heavy atom. The quantitative estimate of drug-likeness (QED) is 0.632. The van der Waals surface area contributed by atoms with Crippen LogP contribution >= 0.6 is 0 Å². The van der Waals surface area contributed by atoms with Crippen molar-refractivity contribution in [3.8, 4) is 0 Å². The Morgan fingerprint density at radius 1 is 1.40 bits per heavy atom. The molecule has 0 aromatic carbocycles. The van der Waals surface area contributed by atoms with Crippen LogP contribution in [0.2, 0.25) is 0 Å². The van der Waals surface area contributed by atoms with Gasteiger partial charge in [0, 0.05) is 6.54 Å². The summed E-state index contributed by atoms with van der Waals surface area (Å²) < 4.78 is 38.8. The molecule has 0 saturated carbocycles. The summed E-state index contributed by atoms with van der Waals surface area (Å²) in [6, 6.07) is 0. The highest BCUT2D eigenvalue weighted by molar-refractivity contribution is 5.22. The maximum atomic E-state index is 12.9. The summed E-state index contributed by atoms with van der Waals surface area (Å²) in [6.07, 6.45) is -4.41. The molecule has 0 bridgehead atoms. The number of halogens is 3. The van der Waals surface area contributed by atoms with E-state index in [9.17, 15) is 13.2 Å². The Labute approximate surface area is 83.3 Å². The van der Waals surface area contributed by atoms with E-state index >= 15 is 0 Å². The van der Waals surface area contributed by atoms with Gasteiger partial charge in [0.1, 0.15) is 11.2 Å². The normalized spacial score (nSPS) is 27.1. The topological polar surface area (TPSA) is 79.6 Å². The number of hydrogen-bond acceptors (Lipinski definition) is 4. The summed E-state index contributed by atoms with van der Waals surface area (Å²) in [5.74, 6) is -0.377. The van der Waals surface area contributed by atoms with Gasteiger partial charge in [-0.3, -0.25) is 5.10 Å². The lowest BCUT2D eigenvalue weighted by Gasteiger charge is -2.27. The number of aromatic nitrogens is 3. The molecule has 84 valence electrons. The highest BCUT2D eigenvalue weighted by Gasteiger charge is 2.59. The predicted molar refractivity (Wildman–Crippen MR) is 46.0 cm³/mol. The van der Waals surface area contributed by atoms with Crippen molar-refractivity contribution in [2.24, 2.45) is 0 Å². The molecular weight excluding hydrogens is 211 g/mol. The summed E-state index contributed by atoms with van der Waals surface area (Å²) in [5.41, 5.74) is 3.23. The number of H-pyrrole nitrogens is 1. The van der Waals surface area contributed by atoms with Crippen LogP contribution in [0.15, 0.2) is 0 Å². The Bertz CT molecular complexity index is 352. The van der Waals surface area contributed by atoms with Gasteiger partial charge in [-0.1, -0.05) is 0 Å². The van der Waals surface area contributed by atoms with Gasteiger partial charge in [0.2, 0.25) is 5.95 Å². The van der Waals surface area contributed by atoms with Crippen molar-refractivity contribution in [2.45, 2.75) is 18.0 Å². The number of alkyl halides is 3. The van der Waals surface area contributed by atoms with Crippen LogP contribution in [0.25, 0.3) is 0 Å². The smallest absolute Gasteiger partial charge is 0.367 e.